The summed E-state index contributed by atoms with van der Waals surface area (Å²) in [5.41, 5.74) is 1.77. The maximum absolute atomic E-state index is 13.6. The van der Waals surface area contributed by atoms with Crippen LogP contribution >= 0.6 is 0 Å². The molecule has 3 heterocycles. The first-order valence-electron chi connectivity index (χ1n) is 12.5. The van der Waals surface area contributed by atoms with Crippen LogP contribution in [0, 0.1) is 0 Å². The van der Waals surface area contributed by atoms with E-state index in [0.717, 1.165) is 63.0 Å². The maximum Gasteiger partial charge on any atom is 0.243 e. The summed E-state index contributed by atoms with van der Waals surface area (Å²) in [7, 11) is 0. The van der Waals surface area contributed by atoms with Crippen molar-refractivity contribution in [3.8, 4) is 5.95 Å². The Labute approximate surface area is 193 Å². The minimum Gasteiger partial charge on any atom is -0.352 e. The molecular weight excluding hydrogens is 400 g/mol. The van der Waals surface area contributed by atoms with Gasteiger partial charge in [0.2, 0.25) is 11.9 Å². The predicted octanol–water partition coefficient (Wildman–Crippen LogP) is 4.62. The Morgan fingerprint density at radius 2 is 1.91 bits per heavy atom. The summed E-state index contributed by atoms with van der Waals surface area (Å²) in [5.74, 6) is 0.651. The number of hydrogen-bond acceptors (Lipinski definition) is 5. The number of amides is 1. The van der Waals surface area contributed by atoms with Crippen LogP contribution < -0.4 is 5.32 Å². The van der Waals surface area contributed by atoms with Gasteiger partial charge < -0.3 is 5.32 Å². The number of imidazole rings is 1. The Balaban J connectivity index is 1.85. The molecule has 32 heavy (non-hydrogen) atoms. The molecule has 1 fully saturated rings. The van der Waals surface area contributed by atoms with Crippen LogP contribution in [0.4, 0.5) is 0 Å². The van der Waals surface area contributed by atoms with Crippen molar-refractivity contribution in [2.45, 2.75) is 97.1 Å². The quantitative estimate of drug-likeness (QED) is 0.488. The molecule has 2 aromatic rings. The molecule has 0 radical (unpaired) electrons. The van der Waals surface area contributed by atoms with Crippen LogP contribution in [0.25, 0.3) is 5.95 Å². The monoisotopic (exact) mass is 440 g/mol. The molecule has 7 heteroatoms. The second kappa shape index (κ2) is 12.7. The number of piperidine rings is 1. The van der Waals surface area contributed by atoms with Gasteiger partial charge in [-0.25, -0.2) is 15.0 Å². The minimum atomic E-state index is -0.380. The molecule has 1 aliphatic rings. The third-order valence-electron chi connectivity index (χ3n) is 6.19. The number of likely N-dealkylation sites (tertiary alicyclic amines) is 1. The molecule has 2 atom stereocenters. The van der Waals surface area contributed by atoms with Crippen molar-refractivity contribution in [1.82, 2.24) is 29.7 Å². The SMILES string of the molecule is CCCCCCC(C)NC(=O)C(c1cc(CCC)nc(-n2ccnc2)n1)N1CCCCC1. The molecule has 7 nitrogen and oxygen atoms in total. The zero-order valence-corrected chi connectivity index (χ0v) is 20.1. The van der Waals surface area contributed by atoms with Gasteiger partial charge in [0.25, 0.3) is 0 Å². The molecule has 0 bridgehead atoms. The van der Waals surface area contributed by atoms with Gasteiger partial charge in [0.15, 0.2) is 0 Å². The molecule has 1 saturated heterocycles. The van der Waals surface area contributed by atoms with Crippen LogP contribution in [0.3, 0.4) is 0 Å². The molecule has 1 N–H and O–H groups in total. The van der Waals surface area contributed by atoms with E-state index in [-0.39, 0.29) is 18.0 Å². The van der Waals surface area contributed by atoms with Crippen LogP contribution in [0.1, 0.15) is 96.0 Å². The van der Waals surface area contributed by atoms with Crippen LogP contribution in [-0.4, -0.2) is 49.5 Å². The smallest absolute Gasteiger partial charge is 0.243 e. The van der Waals surface area contributed by atoms with Crippen molar-refractivity contribution < 1.29 is 4.79 Å². The van der Waals surface area contributed by atoms with E-state index >= 15 is 0 Å². The fourth-order valence-electron chi connectivity index (χ4n) is 4.46. The fourth-order valence-corrected chi connectivity index (χ4v) is 4.46. The van der Waals surface area contributed by atoms with Gasteiger partial charge in [-0.15, -0.1) is 0 Å². The molecule has 176 valence electrons. The molecule has 0 aliphatic carbocycles. The summed E-state index contributed by atoms with van der Waals surface area (Å²) >= 11 is 0. The van der Waals surface area contributed by atoms with Gasteiger partial charge in [-0.05, 0) is 51.8 Å². The highest BCUT2D eigenvalue weighted by Gasteiger charge is 2.31. The van der Waals surface area contributed by atoms with E-state index in [1.807, 2.05) is 16.8 Å². The van der Waals surface area contributed by atoms with Crippen LogP contribution in [-0.2, 0) is 11.2 Å². The second-order valence-electron chi connectivity index (χ2n) is 9.06. The number of rotatable bonds is 12. The lowest BCUT2D eigenvalue weighted by Gasteiger charge is -2.34. The van der Waals surface area contributed by atoms with Crippen molar-refractivity contribution in [3.63, 3.8) is 0 Å². The van der Waals surface area contributed by atoms with E-state index in [4.69, 9.17) is 9.97 Å². The summed E-state index contributed by atoms with van der Waals surface area (Å²) in [6, 6.07) is 1.82. The first kappa shape index (κ1) is 24.4. The number of hydrogen-bond donors (Lipinski definition) is 1. The third kappa shape index (κ3) is 6.86. The summed E-state index contributed by atoms with van der Waals surface area (Å²) in [6.45, 7) is 8.35. The number of carbonyl (C=O) groups is 1. The number of nitrogens with zero attached hydrogens (tertiary/aromatic N) is 5. The van der Waals surface area contributed by atoms with Crippen molar-refractivity contribution in [1.29, 1.82) is 0 Å². The average molecular weight is 441 g/mol. The Kier molecular flexibility index (Phi) is 9.65. The van der Waals surface area contributed by atoms with Crippen molar-refractivity contribution in [2.24, 2.45) is 0 Å². The van der Waals surface area contributed by atoms with Gasteiger partial charge in [-0.1, -0.05) is 52.4 Å². The van der Waals surface area contributed by atoms with Crippen LogP contribution in [0.2, 0.25) is 0 Å². The molecule has 3 rings (SSSR count). The number of carbonyl (C=O) groups excluding carboxylic acids is 1. The second-order valence-corrected chi connectivity index (χ2v) is 9.06. The Bertz CT molecular complexity index is 816. The highest BCUT2D eigenvalue weighted by Crippen LogP contribution is 2.25. The molecule has 2 aromatic heterocycles. The highest BCUT2D eigenvalue weighted by atomic mass is 16.2. The Morgan fingerprint density at radius 1 is 1.09 bits per heavy atom. The van der Waals surface area contributed by atoms with Gasteiger partial charge in [0.1, 0.15) is 12.4 Å². The van der Waals surface area contributed by atoms with E-state index < -0.39 is 0 Å². The first-order chi connectivity index (χ1) is 15.6. The molecular formula is C25H40N6O. The standard InChI is InChI=1S/C25H40N6O/c1-4-6-7-9-13-20(3)27-24(32)23(30-15-10-8-11-16-30)22-18-21(12-5-2)28-25(29-22)31-17-14-26-19-31/h14,17-20,23H,4-13,15-16H2,1-3H3,(H,27,32). The lowest BCUT2D eigenvalue weighted by atomic mass is 10.0. The maximum atomic E-state index is 13.6. The summed E-state index contributed by atoms with van der Waals surface area (Å²) in [5, 5.41) is 3.30. The Morgan fingerprint density at radius 3 is 2.59 bits per heavy atom. The summed E-state index contributed by atoms with van der Waals surface area (Å²) < 4.78 is 1.82. The topological polar surface area (TPSA) is 75.9 Å². The number of nitrogens with one attached hydrogen (secondary N) is 1. The van der Waals surface area contributed by atoms with E-state index in [9.17, 15) is 4.79 Å². The van der Waals surface area contributed by atoms with Crippen LogP contribution in [0.5, 0.6) is 0 Å². The first-order valence-corrected chi connectivity index (χ1v) is 12.5. The summed E-state index contributed by atoms with van der Waals surface area (Å²) in [4.78, 5) is 29.6. The molecule has 0 aromatic carbocycles. The molecule has 1 aliphatic heterocycles. The van der Waals surface area contributed by atoms with Gasteiger partial charge >= 0.3 is 0 Å². The van der Waals surface area contributed by atoms with Gasteiger partial charge in [-0.2, -0.15) is 0 Å². The normalized spacial score (nSPS) is 16.6. The lowest BCUT2D eigenvalue weighted by Crippen LogP contribution is -2.45. The number of aryl methyl sites for hydroxylation is 1. The molecule has 0 saturated carbocycles. The zero-order valence-electron chi connectivity index (χ0n) is 20.1. The van der Waals surface area contributed by atoms with Gasteiger partial charge in [-0.3, -0.25) is 14.3 Å². The minimum absolute atomic E-state index is 0.0626. The van der Waals surface area contributed by atoms with Crippen molar-refractivity contribution >= 4 is 5.91 Å². The third-order valence-corrected chi connectivity index (χ3v) is 6.19. The largest absolute Gasteiger partial charge is 0.352 e. The van der Waals surface area contributed by atoms with E-state index in [1.54, 1.807) is 12.5 Å². The average Bonchev–Trinajstić information content (AvgIpc) is 3.33. The predicted molar refractivity (Wildman–Crippen MR) is 128 cm³/mol. The highest BCUT2D eigenvalue weighted by molar-refractivity contribution is 5.83. The summed E-state index contributed by atoms with van der Waals surface area (Å²) in [6.07, 6.45) is 16.5. The van der Waals surface area contributed by atoms with E-state index in [2.05, 4.69) is 36.0 Å². The lowest BCUT2D eigenvalue weighted by molar-refractivity contribution is -0.128. The molecule has 1 amide bonds. The Hall–Kier alpha value is -2.28. The van der Waals surface area contributed by atoms with Crippen molar-refractivity contribution in [3.05, 3.63) is 36.2 Å². The molecule has 0 spiro atoms. The van der Waals surface area contributed by atoms with E-state index in [0.29, 0.717) is 5.95 Å². The number of unbranched alkanes of at least 4 members (excludes halogenated alkanes) is 3. The number of aromatic nitrogens is 4. The van der Waals surface area contributed by atoms with Crippen molar-refractivity contribution in [2.75, 3.05) is 13.1 Å². The molecule has 2 unspecified atom stereocenters. The van der Waals surface area contributed by atoms with E-state index in [1.165, 1.54) is 25.7 Å². The van der Waals surface area contributed by atoms with Crippen LogP contribution in [0.15, 0.2) is 24.8 Å². The zero-order chi connectivity index (χ0) is 22.8. The van der Waals surface area contributed by atoms with Gasteiger partial charge in [0, 0.05) is 24.1 Å². The van der Waals surface area contributed by atoms with Gasteiger partial charge in [0.05, 0.1) is 5.69 Å². The fraction of sp³-hybridized carbons (Fsp3) is 0.680.